The molecule has 6 heteroatoms. The van der Waals surface area contributed by atoms with Crippen LogP contribution in [-0.4, -0.2) is 34.7 Å². The Labute approximate surface area is 142 Å². The number of rotatable bonds is 3. The number of piperidine rings is 1. The van der Waals surface area contributed by atoms with E-state index in [0.717, 1.165) is 50.5 Å². The van der Waals surface area contributed by atoms with E-state index in [1.165, 1.54) is 24.0 Å². The zero-order valence-corrected chi connectivity index (χ0v) is 14.0. The SMILES string of the molecule is Cl.c1cc2c(cc1Cn1cc(C3CCCNC3)nn1)CCCO2. The number of benzene rings is 1. The van der Waals surface area contributed by atoms with Crippen LogP contribution in [-0.2, 0) is 13.0 Å². The van der Waals surface area contributed by atoms with Crippen LogP contribution in [0, 0.1) is 0 Å². The molecule has 1 aromatic carbocycles. The van der Waals surface area contributed by atoms with E-state index in [-0.39, 0.29) is 12.4 Å². The van der Waals surface area contributed by atoms with Crippen molar-refractivity contribution in [1.29, 1.82) is 0 Å². The quantitative estimate of drug-likeness (QED) is 0.937. The Hall–Kier alpha value is -1.59. The first-order valence-corrected chi connectivity index (χ1v) is 8.24. The zero-order chi connectivity index (χ0) is 14.8. The van der Waals surface area contributed by atoms with Crippen molar-refractivity contribution >= 4 is 12.4 Å². The van der Waals surface area contributed by atoms with Crippen LogP contribution in [0.15, 0.2) is 24.4 Å². The standard InChI is InChI=1S/C17H22N4O.ClH/c1-3-15(10-18-7-1)16-12-21(20-19-16)11-13-5-6-17-14(9-13)4-2-8-22-17;/h5-6,9,12,15,18H,1-4,7-8,10-11H2;1H. The molecule has 0 radical (unpaired) electrons. The lowest BCUT2D eigenvalue weighted by Gasteiger charge is -2.20. The molecule has 1 atom stereocenters. The van der Waals surface area contributed by atoms with Crippen LogP contribution in [0.1, 0.15) is 42.0 Å². The van der Waals surface area contributed by atoms with Crippen molar-refractivity contribution in [1.82, 2.24) is 20.3 Å². The number of aryl methyl sites for hydroxylation is 1. The summed E-state index contributed by atoms with van der Waals surface area (Å²) in [4.78, 5) is 0. The van der Waals surface area contributed by atoms with Crippen molar-refractivity contribution < 1.29 is 4.74 Å². The molecule has 0 spiro atoms. The van der Waals surface area contributed by atoms with Gasteiger partial charge in [-0.1, -0.05) is 17.3 Å². The highest BCUT2D eigenvalue weighted by Crippen LogP contribution is 2.26. The maximum absolute atomic E-state index is 5.67. The van der Waals surface area contributed by atoms with E-state index in [9.17, 15) is 0 Å². The van der Waals surface area contributed by atoms with Crippen molar-refractivity contribution in [3.05, 3.63) is 41.2 Å². The smallest absolute Gasteiger partial charge is 0.122 e. The fourth-order valence-corrected chi connectivity index (χ4v) is 3.38. The van der Waals surface area contributed by atoms with Crippen LogP contribution in [0.2, 0.25) is 0 Å². The molecular formula is C17H23ClN4O. The summed E-state index contributed by atoms with van der Waals surface area (Å²) in [6, 6.07) is 6.47. The lowest BCUT2D eigenvalue weighted by atomic mass is 9.97. The Morgan fingerprint density at radius 1 is 1.30 bits per heavy atom. The summed E-state index contributed by atoms with van der Waals surface area (Å²) < 4.78 is 7.62. The minimum Gasteiger partial charge on any atom is -0.493 e. The van der Waals surface area contributed by atoms with Crippen molar-refractivity contribution in [3.63, 3.8) is 0 Å². The van der Waals surface area contributed by atoms with Gasteiger partial charge >= 0.3 is 0 Å². The lowest BCUT2D eigenvalue weighted by Crippen LogP contribution is -2.28. The number of fused-ring (bicyclic) bond motifs is 1. The van der Waals surface area contributed by atoms with E-state index >= 15 is 0 Å². The highest BCUT2D eigenvalue weighted by atomic mass is 35.5. The minimum atomic E-state index is 0. The number of ether oxygens (including phenoxy) is 1. The molecule has 1 unspecified atom stereocenters. The van der Waals surface area contributed by atoms with E-state index in [1.54, 1.807) is 0 Å². The molecule has 5 nitrogen and oxygen atoms in total. The number of halogens is 1. The van der Waals surface area contributed by atoms with Crippen molar-refractivity contribution in [2.45, 2.75) is 38.1 Å². The monoisotopic (exact) mass is 334 g/mol. The van der Waals surface area contributed by atoms with Gasteiger partial charge in [0, 0.05) is 18.7 Å². The van der Waals surface area contributed by atoms with Crippen LogP contribution in [0.3, 0.4) is 0 Å². The lowest BCUT2D eigenvalue weighted by molar-refractivity contribution is 0.288. The molecule has 0 amide bonds. The average molecular weight is 335 g/mol. The molecule has 0 saturated carbocycles. The van der Waals surface area contributed by atoms with Gasteiger partial charge in [0.2, 0.25) is 0 Å². The number of hydrogen-bond donors (Lipinski definition) is 1. The van der Waals surface area contributed by atoms with Crippen molar-refractivity contribution in [2.75, 3.05) is 19.7 Å². The summed E-state index contributed by atoms with van der Waals surface area (Å²) in [5.74, 6) is 1.56. The summed E-state index contributed by atoms with van der Waals surface area (Å²) in [6.07, 6.45) is 6.76. The summed E-state index contributed by atoms with van der Waals surface area (Å²) in [5, 5.41) is 12.1. The third-order valence-corrected chi connectivity index (χ3v) is 4.59. The topological polar surface area (TPSA) is 52.0 Å². The molecule has 23 heavy (non-hydrogen) atoms. The third-order valence-electron chi connectivity index (χ3n) is 4.59. The molecule has 2 aliphatic rings. The number of nitrogens with zero attached hydrogens (tertiary/aromatic N) is 3. The van der Waals surface area contributed by atoms with Gasteiger partial charge in [0.25, 0.3) is 0 Å². The van der Waals surface area contributed by atoms with Gasteiger partial charge in [-0.2, -0.15) is 0 Å². The zero-order valence-electron chi connectivity index (χ0n) is 13.2. The highest BCUT2D eigenvalue weighted by molar-refractivity contribution is 5.85. The fourth-order valence-electron chi connectivity index (χ4n) is 3.38. The number of hydrogen-bond acceptors (Lipinski definition) is 4. The molecule has 3 heterocycles. The normalized spacial score (nSPS) is 20.3. The van der Waals surface area contributed by atoms with Gasteiger partial charge in [0.15, 0.2) is 0 Å². The predicted molar refractivity (Wildman–Crippen MR) is 91.5 cm³/mol. The Kier molecular flexibility index (Phi) is 5.18. The molecule has 1 saturated heterocycles. The second-order valence-corrected chi connectivity index (χ2v) is 6.28. The van der Waals surface area contributed by atoms with E-state index < -0.39 is 0 Å². The highest BCUT2D eigenvalue weighted by Gasteiger charge is 2.18. The average Bonchev–Trinajstić information content (AvgIpc) is 3.04. The molecule has 2 aromatic rings. The first-order valence-electron chi connectivity index (χ1n) is 8.24. The van der Waals surface area contributed by atoms with Crippen molar-refractivity contribution in [3.8, 4) is 5.75 Å². The summed E-state index contributed by atoms with van der Waals surface area (Å²) >= 11 is 0. The Bertz CT molecular complexity index is 652. The van der Waals surface area contributed by atoms with Crippen LogP contribution in [0.5, 0.6) is 5.75 Å². The molecule has 1 N–H and O–H groups in total. The second-order valence-electron chi connectivity index (χ2n) is 6.28. The van der Waals surface area contributed by atoms with E-state index in [1.807, 2.05) is 4.68 Å². The summed E-state index contributed by atoms with van der Waals surface area (Å²) in [5.41, 5.74) is 3.71. The summed E-state index contributed by atoms with van der Waals surface area (Å²) in [6.45, 7) is 3.77. The molecule has 0 bridgehead atoms. The first-order chi connectivity index (χ1) is 10.9. The fraction of sp³-hybridized carbons (Fsp3) is 0.529. The van der Waals surface area contributed by atoms with Gasteiger partial charge in [0.05, 0.1) is 18.8 Å². The molecule has 124 valence electrons. The van der Waals surface area contributed by atoms with Crippen LogP contribution >= 0.6 is 12.4 Å². The van der Waals surface area contributed by atoms with E-state index in [2.05, 4.69) is 40.0 Å². The predicted octanol–water partition coefficient (Wildman–Crippen LogP) is 2.54. The van der Waals surface area contributed by atoms with Gasteiger partial charge < -0.3 is 10.1 Å². The van der Waals surface area contributed by atoms with Crippen LogP contribution in [0.4, 0.5) is 0 Å². The minimum absolute atomic E-state index is 0. The number of aromatic nitrogens is 3. The largest absolute Gasteiger partial charge is 0.493 e. The van der Waals surface area contributed by atoms with Gasteiger partial charge in [-0.25, -0.2) is 4.68 Å². The Morgan fingerprint density at radius 2 is 2.26 bits per heavy atom. The summed E-state index contributed by atoms with van der Waals surface area (Å²) in [7, 11) is 0. The molecule has 0 aliphatic carbocycles. The van der Waals surface area contributed by atoms with Gasteiger partial charge in [0.1, 0.15) is 5.75 Å². The third kappa shape index (κ3) is 3.67. The van der Waals surface area contributed by atoms with Gasteiger partial charge in [-0.3, -0.25) is 0 Å². The Balaban J connectivity index is 0.00000156. The molecule has 1 aromatic heterocycles. The maximum Gasteiger partial charge on any atom is 0.122 e. The first kappa shape index (κ1) is 16.3. The molecular weight excluding hydrogens is 312 g/mol. The second kappa shape index (κ2) is 7.32. The van der Waals surface area contributed by atoms with Gasteiger partial charge in [-0.05, 0) is 49.4 Å². The molecule has 1 fully saturated rings. The van der Waals surface area contributed by atoms with Crippen molar-refractivity contribution in [2.24, 2.45) is 0 Å². The van der Waals surface area contributed by atoms with Crippen LogP contribution in [0.25, 0.3) is 0 Å². The molecule has 2 aliphatic heterocycles. The van der Waals surface area contributed by atoms with Crippen LogP contribution < -0.4 is 10.1 Å². The maximum atomic E-state index is 5.67. The molecule has 4 rings (SSSR count). The van der Waals surface area contributed by atoms with Gasteiger partial charge in [-0.15, -0.1) is 17.5 Å². The van der Waals surface area contributed by atoms with E-state index in [0.29, 0.717) is 5.92 Å². The Morgan fingerprint density at radius 3 is 3.13 bits per heavy atom. The number of nitrogens with one attached hydrogen (secondary N) is 1. The van der Waals surface area contributed by atoms with E-state index in [4.69, 9.17) is 4.74 Å².